The van der Waals surface area contributed by atoms with Crippen molar-refractivity contribution in [3.63, 3.8) is 0 Å². The normalized spacial score (nSPS) is 33.2. The van der Waals surface area contributed by atoms with Gasteiger partial charge in [-0.2, -0.15) is 5.48 Å². The molecule has 102 valence electrons. The van der Waals surface area contributed by atoms with Crippen molar-refractivity contribution in [2.24, 2.45) is 0 Å². The summed E-state index contributed by atoms with van der Waals surface area (Å²) in [4.78, 5) is 16.2. The number of carbonyl (C=O) groups is 1. The molecule has 1 fully saturated rings. The molecule has 0 unspecified atom stereocenters. The van der Waals surface area contributed by atoms with Gasteiger partial charge < -0.3 is 18.9 Å². The van der Waals surface area contributed by atoms with E-state index in [9.17, 15) is 4.79 Å². The van der Waals surface area contributed by atoms with Gasteiger partial charge >= 0.3 is 6.09 Å². The maximum atomic E-state index is 11.0. The van der Waals surface area contributed by atoms with E-state index in [0.29, 0.717) is 6.61 Å². The third kappa shape index (κ3) is 2.92. The quantitative estimate of drug-likeness (QED) is 0.736. The lowest BCUT2D eigenvalue weighted by atomic mass is 10.0. The van der Waals surface area contributed by atoms with Crippen molar-refractivity contribution in [2.45, 2.75) is 37.9 Å². The van der Waals surface area contributed by atoms with Crippen LogP contribution in [0.2, 0.25) is 0 Å². The monoisotopic (exact) mass is 259 g/mol. The lowest BCUT2D eigenvalue weighted by Crippen LogP contribution is -2.56. The molecule has 2 rings (SSSR count). The molecular formula is C11H17NO6. The summed E-state index contributed by atoms with van der Waals surface area (Å²) in [5.74, 6) is -0.706. The molecule has 0 saturated carbocycles. The van der Waals surface area contributed by atoms with E-state index in [1.54, 1.807) is 6.08 Å². The standard InChI is InChI=1S/C11H17NO6/c1-11(2)16-6-8-9(17-11)7(4-5-15-8)18-12-10(13)14-3/h4-5,7-9H,6H2,1-3H3,(H,12,13)/t7-,8+,9-/m0/s1. The van der Waals surface area contributed by atoms with Crippen LogP contribution in [0, 0.1) is 0 Å². The van der Waals surface area contributed by atoms with E-state index in [4.69, 9.17) is 19.0 Å². The van der Waals surface area contributed by atoms with Crippen LogP contribution >= 0.6 is 0 Å². The smallest absolute Gasteiger partial charge is 0.431 e. The molecule has 1 saturated heterocycles. The van der Waals surface area contributed by atoms with Gasteiger partial charge in [-0.15, -0.1) is 0 Å². The van der Waals surface area contributed by atoms with E-state index in [1.807, 2.05) is 13.8 Å². The van der Waals surface area contributed by atoms with Gasteiger partial charge in [0.2, 0.25) is 0 Å². The summed E-state index contributed by atoms with van der Waals surface area (Å²) in [6.45, 7) is 4.03. The Hall–Kier alpha value is -1.31. The van der Waals surface area contributed by atoms with Crippen molar-refractivity contribution in [1.29, 1.82) is 0 Å². The maximum Gasteiger partial charge on any atom is 0.431 e. The first kappa shape index (κ1) is 13.1. The fourth-order valence-electron chi connectivity index (χ4n) is 1.81. The SMILES string of the molecule is COC(=O)NO[C@H]1C=CO[C@@H]2COC(C)(C)O[C@@H]12. The van der Waals surface area contributed by atoms with Crippen molar-refractivity contribution in [1.82, 2.24) is 5.48 Å². The van der Waals surface area contributed by atoms with Gasteiger partial charge in [-0.05, 0) is 19.9 Å². The Bertz CT molecular complexity index is 342. The van der Waals surface area contributed by atoms with Gasteiger partial charge in [-0.1, -0.05) is 0 Å². The van der Waals surface area contributed by atoms with E-state index >= 15 is 0 Å². The van der Waals surface area contributed by atoms with Crippen molar-refractivity contribution >= 4 is 6.09 Å². The fraction of sp³-hybridized carbons (Fsp3) is 0.727. The number of nitrogens with one attached hydrogen (secondary N) is 1. The predicted molar refractivity (Wildman–Crippen MR) is 59.3 cm³/mol. The highest BCUT2D eigenvalue weighted by Crippen LogP contribution is 2.29. The zero-order chi connectivity index (χ0) is 13.2. The van der Waals surface area contributed by atoms with Gasteiger partial charge in [0.1, 0.15) is 12.2 Å². The Morgan fingerprint density at radius 3 is 3.00 bits per heavy atom. The van der Waals surface area contributed by atoms with Gasteiger partial charge in [-0.25, -0.2) is 4.79 Å². The minimum Gasteiger partial charge on any atom is -0.493 e. The summed E-state index contributed by atoms with van der Waals surface area (Å²) in [5, 5.41) is 0. The fourth-order valence-corrected chi connectivity index (χ4v) is 1.81. The van der Waals surface area contributed by atoms with Crippen LogP contribution in [0.1, 0.15) is 13.8 Å². The average molecular weight is 259 g/mol. The van der Waals surface area contributed by atoms with Crippen LogP contribution in [0.3, 0.4) is 0 Å². The van der Waals surface area contributed by atoms with Crippen LogP contribution in [0.4, 0.5) is 4.79 Å². The first-order chi connectivity index (χ1) is 8.52. The highest BCUT2D eigenvalue weighted by molar-refractivity contribution is 5.65. The molecule has 3 atom stereocenters. The van der Waals surface area contributed by atoms with E-state index in [0.717, 1.165) is 0 Å². The van der Waals surface area contributed by atoms with Crippen LogP contribution in [0.15, 0.2) is 12.3 Å². The zero-order valence-corrected chi connectivity index (χ0v) is 10.5. The molecule has 2 heterocycles. The summed E-state index contributed by atoms with van der Waals surface area (Å²) >= 11 is 0. The van der Waals surface area contributed by atoms with Crippen LogP contribution in [-0.4, -0.2) is 43.9 Å². The Kier molecular flexibility index (Phi) is 3.74. The lowest BCUT2D eigenvalue weighted by Gasteiger charge is -2.43. The van der Waals surface area contributed by atoms with E-state index in [-0.39, 0.29) is 12.2 Å². The first-order valence-corrected chi connectivity index (χ1v) is 5.65. The number of amides is 1. The summed E-state index contributed by atoms with van der Waals surface area (Å²) < 4.78 is 21.0. The van der Waals surface area contributed by atoms with Crippen molar-refractivity contribution in [3.8, 4) is 0 Å². The molecule has 0 bridgehead atoms. The second-order valence-corrected chi connectivity index (χ2v) is 4.47. The number of methoxy groups -OCH3 is 1. The lowest BCUT2D eigenvalue weighted by molar-refractivity contribution is -0.323. The third-order valence-corrected chi connectivity index (χ3v) is 2.69. The molecule has 1 amide bonds. The van der Waals surface area contributed by atoms with E-state index in [2.05, 4.69) is 10.2 Å². The average Bonchev–Trinajstić information content (AvgIpc) is 2.35. The van der Waals surface area contributed by atoms with E-state index in [1.165, 1.54) is 13.4 Å². The molecule has 2 aliphatic rings. The molecule has 7 heteroatoms. The minimum atomic E-state index is -0.706. The molecule has 0 aliphatic carbocycles. The number of ether oxygens (including phenoxy) is 4. The highest BCUT2D eigenvalue weighted by Gasteiger charge is 2.43. The molecule has 0 spiro atoms. The summed E-state index contributed by atoms with van der Waals surface area (Å²) in [5.41, 5.74) is 2.17. The van der Waals surface area contributed by atoms with Crippen molar-refractivity contribution < 1.29 is 28.6 Å². The largest absolute Gasteiger partial charge is 0.493 e. The number of hydrogen-bond donors (Lipinski definition) is 1. The summed E-state index contributed by atoms with van der Waals surface area (Å²) in [6.07, 6.45) is 1.45. The van der Waals surface area contributed by atoms with Crippen LogP contribution < -0.4 is 5.48 Å². The Morgan fingerprint density at radius 2 is 2.28 bits per heavy atom. The molecule has 18 heavy (non-hydrogen) atoms. The second-order valence-electron chi connectivity index (χ2n) is 4.47. The maximum absolute atomic E-state index is 11.0. The minimum absolute atomic E-state index is 0.257. The second kappa shape index (κ2) is 5.13. The van der Waals surface area contributed by atoms with Crippen molar-refractivity contribution in [3.05, 3.63) is 12.3 Å². The zero-order valence-electron chi connectivity index (χ0n) is 10.5. The first-order valence-electron chi connectivity index (χ1n) is 5.65. The number of fused-ring (bicyclic) bond motifs is 1. The number of hydroxylamine groups is 1. The molecule has 1 N–H and O–H groups in total. The Balaban J connectivity index is 1.98. The Labute approximate surface area is 105 Å². The number of carbonyl (C=O) groups excluding carboxylic acids is 1. The number of hydrogen-bond acceptors (Lipinski definition) is 6. The summed E-state index contributed by atoms with van der Waals surface area (Å²) in [6, 6.07) is 0. The van der Waals surface area contributed by atoms with Gasteiger partial charge in [-0.3, -0.25) is 4.84 Å². The van der Waals surface area contributed by atoms with Crippen LogP contribution in [0.5, 0.6) is 0 Å². The molecule has 0 aromatic rings. The molecule has 7 nitrogen and oxygen atoms in total. The predicted octanol–water partition coefficient (Wildman–Crippen LogP) is 0.707. The van der Waals surface area contributed by atoms with E-state index < -0.39 is 18.0 Å². The highest BCUT2D eigenvalue weighted by atomic mass is 16.8. The molecule has 0 aromatic heterocycles. The summed E-state index contributed by atoms with van der Waals surface area (Å²) in [7, 11) is 1.26. The molecule has 0 aromatic carbocycles. The van der Waals surface area contributed by atoms with Crippen molar-refractivity contribution in [2.75, 3.05) is 13.7 Å². The number of rotatable bonds is 2. The van der Waals surface area contributed by atoms with Crippen LogP contribution in [-0.2, 0) is 23.8 Å². The molecular weight excluding hydrogens is 242 g/mol. The topological polar surface area (TPSA) is 75.3 Å². The third-order valence-electron chi connectivity index (χ3n) is 2.69. The van der Waals surface area contributed by atoms with Gasteiger partial charge in [0.05, 0.1) is 20.0 Å². The Morgan fingerprint density at radius 1 is 1.50 bits per heavy atom. The van der Waals surface area contributed by atoms with Gasteiger partial charge in [0.15, 0.2) is 11.9 Å². The van der Waals surface area contributed by atoms with Gasteiger partial charge in [0, 0.05) is 0 Å². The van der Waals surface area contributed by atoms with Crippen LogP contribution in [0.25, 0.3) is 0 Å². The molecule has 2 aliphatic heterocycles. The molecule has 0 radical (unpaired) electrons. The van der Waals surface area contributed by atoms with Gasteiger partial charge in [0.25, 0.3) is 0 Å².